The molecule has 2 aromatic carbocycles. The summed E-state index contributed by atoms with van der Waals surface area (Å²) in [6.07, 6.45) is 2.26. The smallest absolute Gasteiger partial charge is 0.331 e. The minimum Gasteiger partial charge on any atom is -0.449 e. The average Bonchev–Trinajstić information content (AvgIpc) is 2.72. The monoisotopic (exact) mass is 396 g/mol. The van der Waals surface area contributed by atoms with Gasteiger partial charge < -0.3 is 10.1 Å². The third-order valence-corrected chi connectivity index (χ3v) is 4.56. The molecule has 1 amide bonds. The number of nitrogens with zero attached hydrogens (tertiary/aromatic N) is 1. The molecule has 0 unspecified atom stereocenters. The van der Waals surface area contributed by atoms with Crippen molar-refractivity contribution in [2.45, 2.75) is 39.2 Å². The number of amides is 1. The van der Waals surface area contributed by atoms with E-state index in [0.29, 0.717) is 5.69 Å². The highest BCUT2D eigenvalue weighted by Crippen LogP contribution is 2.26. The highest BCUT2D eigenvalue weighted by Gasteiger charge is 2.19. The van der Waals surface area contributed by atoms with Crippen LogP contribution in [0.5, 0.6) is 0 Å². The van der Waals surface area contributed by atoms with Gasteiger partial charge in [-0.3, -0.25) is 14.9 Å². The third-order valence-electron chi connectivity index (χ3n) is 4.56. The highest BCUT2D eigenvalue weighted by atomic mass is 16.6. The number of hydrogen-bond donors (Lipinski definition) is 1. The predicted molar refractivity (Wildman–Crippen MR) is 111 cm³/mol. The maximum atomic E-state index is 12.4. The topological polar surface area (TPSA) is 98.5 Å². The van der Waals surface area contributed by atoms with E-state index in [-0.39, 0.29) is 17.2 Å². The SMILES string of the molecule is CC[C@@H](C)c1ccccc1NC(=O)[C@H](C)OC(=O)/C=C/c1ccccc1[N+](=O)[O-]. The number of nitro groups is 1. The Morgan fingerprint density at radius 3 is 2.48 bits per heavy atom. The van der Waals surface area contributed by atoms with Crippen LogP contribution in [0.25, 0.3) is 6.08 Å². The fourth-order valence-corrected chi connectivity index (χ4v) is 2.71. The van der Waals surface area contributed by atoms with Crippen molar-refractivity contribution in [3.8, 4) is 0 Å². The van der Waals surface area contributed by atoms with E-state index in [1.54, 1.807) is 6.07 Å². The first-order valence-corrected chi connectivity index (χ1v) is 9.35. The minimum absolute atomic E-state index is 0.121. The van der Waals surface area contributed by atoms with Crippen molar-refractivity contribution in [2.24, 2.45) is 0 Å². The van der Waals surface area contributed by atoms with Crippen molar-refractivity contribution in [3.63, 3.8) is 0 Å². The van der Waals surface area contributed by atoms with Gasteiger partial charge in [-0.25, -0.2) is 4.79 Å². The lowest BCUT2D eigenvalue weighted by Gasteiger charge is -2.17. The molecule has 29 heavy (non-hydrogen) atoms. The number of carbonyl (C=O) groups is 2. The number of anilines is 1. The first-order valence-electron chi connectivity index (χ1n) is 9.35. The molecule has 152 valence electrons. The van der Waals surface area contributed by atoms with Crippen LogP contribution in [0.2, 0.25) is 0 Å². The van der Waals surface area contributed by atoms with Crippen LogP contribution in [0, 0.1) is 10.1 Å². The first kappa shape index (κ1) is 21.8. The predicted octanol–water partition coefficient (Wildman–Crippen LogP) is 4.69. The fraction of sp³-hybridized carbons (Fsp3) is 0.273. The van der Waals surface area contributed by atoms with Gasteiger partial charge in [-0.05, 0) is 43.0 Å². The van der Waals surface area contributed by atoms with Crippen molar-refractivity contribution in [2.75, 3.05) is 5.32 Å². The van der Waals surface area contributed by atoms with Crippen LogP contribution >= 0.6 is 0 Å². The molecule has 0 bridgehead atoms. The van der Waals surface area contributed by atoms with Crippen LogP contribution < -0.4 is 5.32 Å². The number of ether oxygens (including phenoxy) is 1. The molecule has 2 aromatic rings. The second-order valence-electron chi connectivity index (χ2n) is 6.61. The summed E-state index contributed by atoms with van der Waals surface area (Å²) in [5.41, 5.74) is 1.85. The molecule has 0 aliphatic carbocycles. The summed E-state index contributed by atoms with van der Waals surface area (Å²) in [5, 5.41) is 13.8. The molecule has 0 aromatic heterocycles. The Bertz CT molecular complexity index is 923. The van der Waals surface area contributed by atoms with Gasteiger partial charge in [-0.2, -0.15) is 0 Å². The lowest BCUT2D eigenvalue weighted by atomic mass is 9.97. The van der Waals surface area contributed by atoms with Crippen molar-refractivity contribution < 1.29 is 19.2 Å². The number of para-hydroxylation sites is 2. The number of carbonyl (C=O) groups excluding carboxylic acids is 2. The van der Waals surface area contributed by atoms with E-state index in [1.807, 2.05) is 24.3 Å². The van der Waals surface area contributed by atoms with Crippen LogP contribution in [-0.2, 0) is 14.3 Å². The Morgan fingerprint density at radius 2 is 1.79 bits per heavy atom. The lowest BCUT2D eigenvalue weighted by Crippen LogP contribution is -2.29. The molecule has 2 rings (SSSR count). The average molecular weight is 396 g/mol. The molecule has 0 aliphatic heterocycles. The maximum Gasteiger partial charge on any atom is 0.331 e. The molecule has 0 fully saturated rings. The number of benzene rings is 2. The molecule has 0 heterocycles. The molecule has 2 atom stereocenters. The molecular formula is C22H24N2O5. The number of nitro benzene ring substituents is 1. The summed E-state index contributed by atoms with van der Waals surface area (Å²) in [6, 6.07) is 13.5. The Morgan fingerprint density at radius 1 is 1.14 bits per heavy atom. The maximum absolute atomic E-state index is 12.4. The number of esters is 1. The summed E-state index contributed by atoms with van der Waals surface area (Å²) in [5.74, 6) is -0.942. The zero-order valence-corrected chi connectivity index (χ0v) is 16.6. The van der Waals surface area contributed by atoms with Gasteiger partial charge in [-0.1, -0.05) is 44.2 Å². The molecule has 0 saturated carbocycles. The van der Waals surface area contributed by atoms with Gasteiger partial charge in [0, 0.05) is 17.8 Å². The summed E-state index contributed by atoms with van der Waals surface area (Å²) >= 11 is 0. The van der Waals surface area contributed by atoms with E-state index in [9.17, 15) is 19.7 Å². The van der Waals surface area contributed by atoms with Crippen LogP contribution in [-0.4, -0.2) is 22.9 Å². The first-order chi connectivity index (χ1) is 13.8. The standard InChI is InChI=1S/C22H24N2O5/c1-4-15(2)18-10-6-7-11-19(18)23-22(26)16(3)29-21(25)14-13-17-9-5-8-12-20(17)24(27)28/h5-16H,4H2,1-3H3,(H,23,26)/b14-13+/t15-,16+/m1/s1. The largest absolute Gasteiger partial charge is 0.449 e. The quantitative estimate of drug-likeness (QED) is 0.302. The third kappa shape index (κ3) is 6.00. The zero-order valence-electron chi connectivity index (χ0n) is 16.6. The van der Waals surface area contributed by atoms with Gasteiger partial charge in [0.2, 0.25) is 0 Å². The highest BCUT2D eigenvalue weighted by molar-refractivity contribution is 5.97. The molecular weight excluding hydrogens is 372 g/mol. The molecule has 0 spiro atoms. The van der Waals surface area contributed by atoms with Crippen LogP contribution in [0.1, 0.15) is 44.2 Å². The molecule has 0 radical (unpaired) electrons. The second kappa shape index (κ2) is 10.2. The van der Waals surface area contributed by atoms with E-state index >= 15 is 0 Å². The molecule has 7 heteroatoms. The second-order valence-corrected chi connectivity index (χ2v) is 6.61. The van der Waals surface area contributed by atoms with Gasteiger partial charge in [0.15, 0.2) is 6.10 Å². The normalized spacial score (nSPS) is 12.9. The lowest BCUT2D eigenvalue weighted by molar-refractivity contribution is -0.385. The van der Waals surface area contributed by atoms with Crippen molar-refractivity contribution >= 4 is 29.3 Å². The molecule has 0 aliphatic rings. The molecule has 0 saturated heterocycles. The number of nitrogens with one attached hydrogen (secondary N) is 1. The van der Waals surface area contributed by atoms with Gasteiger partial charge in [0.25, 0.3) is 11.6 Å². The van der Waals surface area contributed by atoms with E-state index < -0.39 is 22.9 Å². The van der Waals surface area contributed by atoms with Crippen LogP contribution in [0.4, 0.5) is 11.4 Å². The van der Waals surface area contributed by atoms with Gasteiger partial charge in [-0.15, -0.1) is 0 Å². The summed E-state index contributed by atoms with van der Waals surface area (Å²) in [4.78, 5) is 34.9. The summed E-state index contributed by atoms with van der Waals surface area (Å²) in [7, 11) is 0. The Balaban J connectivity index is 2.02. The van der Waals surface area contributed by atoms with E-state index in [2.05, 4.69) is 19.2 Å². The van der Waals surface area contributed by atoms with Crippen molar-refractivity contribution in [1.82, 2.24) is 0 Å². The van der Waals surface area contributed by atoms with E-state index in [4.69, 9.17) is 4.74 Å². The summed E-state index contributed by atoms with van der Waals surface area (Å²) in [6.45, 7) is 5.61. The van der Waals surface area contributed by atoms with Crippen molar-refractivity contribution in [1.29, 1.82) is 0 Å². The number of rotatable bonds is 8. The Labute approximate surface area is 169 Å². The van der Waals surface area contributed by atoms with E-state index in [1.165, 1.54) is 31.2 Å². The Hall–Kier alpha value is -3.48. The molecule has 7 nitrogen and oxygen atoms in total. The van der Waals surface area contributed by atoms with E-state index in [0.717, 1.165) is 18.1 Å². The summed E-state index contributed by atoms with van der Waals surface area (Å²) < 4.78 is 5.13. The van der Waals surface area contributed by atoms with Crippen LogP contribution in [0.3, 0.4) is 0 Å². The number of hydrogen-bond acceptors (Lipinski definition) is 5. The van der Waals surface area contributed by atoms with Gasteiger partial charge in [0.1, 0.15) is 0 Å². The van der Waals surface area contributed by atoms with Crippen molar-refractivity contribution in [3.05, 3.63) is 75.8 Å². The minimum atomic E-state index is -1.03. The fourth-order valence-electron chi connectivity index (χ4n) is 2.71. The molecule has 1 N–H and O–H groups in total. The van der Waals surface area contributed by atoms with Crippen LogP contribution in [0.15, 0.2) is 54.6 Å². The Kier molecular flexibility index (Phi) is 7.65. The zero-order chi connectivity index (χ0) is 21.4. The van der Waals surface area contributed by atoms with Gasteiger partial charge in [0.05, 0.1) is 10.5 Å². The van der Waals surface area contributed by atoms with Gasteiger partial charge >= 0.3 is 5.97 Å².